The summed E-state index contributed by atoms with van der Waals surface area (Å²) in [5, 5.41) is 7.78. The summed E-state index contributed by atoms with van der Waals surface area (Å²) >= 11 is 5.90. The largest absolute Gasteiger partial charge is 0.467 e. The molecule has 1 aliphatic rings. The van der Waals surface area contributed by atoms with Gasteiger partial charge in [-0.3, -0.25) is 9.59 Å². The van der Waals surface area contributed by atoms with Crippen LogP contribution in [0.4, 0.5) is 5.82 Å². The van der Waals surface area contributed by atoms with E-state index in [2.05, 4.69) is 10.4 Å². The summed E-state index contributed by atoms with van der Waals surface area (Å²) in [6, 6.07) is 12.2. The van der Waals surface area contributed by atoms with E-state index >= 15 is 0 Å². The third-order valence-corrected chi connectivity index (χ3v) is 5.28. The topological polar surface area (TPSA) is 80.4 Å². The maximum absolute atomic E-state index is 12.8. The molecule has 150 valence electrons. The van der Waals surface area contributed by atoms with E-state index in [0.717, 1.165) is 18.6 Å². The van der Waals surface area contributed by atoms with Crippen LogP contribution in [-0.4, -0.2) is 39.6 Å². The van der Waals surface area contributed by atoms with Crippen molar-refractivity contribution in [1.29, 1.82) is 0 Å². The Balaban J connectivity index is 1.40. The number of benzene rings is 1. The summed E-state index contributed by atoms with van der Waals surface area (Å²) in [4.78, 5) is 27.3. The van der Waals surface area contributed by atoms with Crippen molar-refractivity contribution >= 4 is 29.2 Å². The van der Waals surface area contributed by atoms with Gasteiger partial charge in [-0.25, -0.2) is 4.68 Å². The number of hydrogen-bond donors (Lipinski definition) is 1. The zero-order valence-corrected chi connectivity index (χ0v) is 16.5. The second-order valence-electron chi connectivity index (χ2n) is 7.04. The number of furan rings is 1. The molecular formula is C21H21ClN4O3. The minimum absolute atomic E-state index is 0.0815. The molecule has 3 heterocycles. The molecule has 29 heavy (non-hydrogen) atoms. The van der Waals surface area contributed by atoms with E-state index in [1.807, 2.05) is 12.1 Å². The van der Waals surface area contributed by atoms with Gasteiger partial charge in [0.15, 0.2) is 0 Å². The maximum atomic E-state index is 12.8. The molecule has 1 saturated heterocycles. The van der Waals surface area contributed by atoms with E-state index in [4.69, 9.17) is 16.0 Å². The number of carbonyl (C=O) groups is 2. The molecule has 0 aliphatic carbocycles. The standard InChI is InChI=1S/C21H21ClN4O3/c22-17-7-5-15(6-8-17)21(28)25-11-1-3-16(13-25)20(27)24-19-9-10-23-26(19)14-18-4-2-12-29-18/h2,4-10,12,16H,1,3,11,13-14H2,(H,24,27). The van der Waals surface area contributed by atoms with E-state index in [-0.39, 0.29) is 17.7 Å². The first-order valence-corrected chi connectivity index (χ1v) is 9.88. The third-order valence-electron chi connectivity index (χ3n) is 5.02. The molecule has 1 fully saturated rings. The van der Waals surface area contributed by atoms with E-state index in [1.165, 1.54) is 0 Å². The van der Waals surface area contributed by atoms with Crippen molar-refractivity contribution in [3.8, 4) is 0 Å². The number of halogens is 1. The van der Waals surface area contributed by atoms with Crippen LogP contribution in [0, 0.1) is 5.92 Å². The number of likely N-dealkylation sites (tertiary alicyclic amines) is 1. The Morgan fingerprint density at radius 3 is 2.79 bits per heavy atom. The smallest absolute Gasteiger partial charge is 0.253 e. The number of anilines is 1. The summed E-state index contributed by atoms with van der Waals surface area (Å²) in [6.45, 7) is 1.46. The number of nitrogens with one attached hydrogen (secondary N) is 1. The zero-order valence-electron chi connectivity index (χ0n) is 15.8. The van der Waals surface area contributed by atoms with Gasteiger partial charge in [-0.05, 0) is 49.2 Å². The van der Waals surface area contributed by atoms with Gasteiger partial charge < -0.3 is 14.6 Å². The summed E-state index contributed by atoms with van der Waals surface area (Å²) in [5.74, 6) is 0.892. The van der Waals surface area contributed by atoms with Gasteiger partial charge in [0.05, 0.1) is 18.4 Å². The van der Waals surface area contributed by atoms with Gasteiger partial charge in [-0.2, -0.15) is 5.10 Å². The Morgan fingerprint density at radius 1 is 1.21 bits per heavy atom. The van der Waals surface area contributed by atoms with Crippen LogP contribution in [0.5, 0.6) is 0 Å². The van der Waals surface area contributed by atoms with Crippen molar-refractivity contribution in [3.63, 3.8) is 0 Å². The first-order chi connectivity index (χ1) is 14.1. The van der Waals surface area contributed by atoms with E-state index in [9.17, 15) is 9.59 Å². The summed E-state index contributed by atoms with van der Waals surface area (Å²) < 4.78 is 7.02. The van der Waals surface area contributed by atoms with Crippen LogP contribution in [0.1, 0.15) is 29.0 Å². The van der Waals surface area contributed by atoms with Gasteiger partial charge in [0.25, 0.3) is 5.91 Å². The van der Waals surface area contributed by atoms with Crippen molar-refractivity contribution in [2.24, 2.45) is 5.92 Å². The molecule has 2 amide bonds. The van der Waals surface area contributed by atoms with E-state index in [1.54, 1.807) is 52.4 Å². The van der Waals surface area contributed by atoms with Crippen LogP contribution in [-0.2, 0) is 11.3 Å². The molecule has 2 aromatic heterocycles. The molecule has 3 aromatic rings. The number of piperidine rings is 1. The number of hydrogen-bond acceptors (Lipinski definition) is 4. The molecule has 1 aromatic carbocycles. The fraction of sp³-hybridized carbons (Fsp3) is 0.286. The predicted octanol–water partition coefficient (Wildman–Crippen LogP) is 3.67. The highest BCUT2D eigenvalue weighted by atomic mass is 35.5. The Hall–Kier alpha value is -3.06. The molecule has 0 saturated carbocycles. The lowest BCUT2D eigenvalue weighted by Gasteiger charge is -2.32. The fourth-order valence-corrected chi connectivity index (χ4v) is 3.62. The van der Waals surface area contributed by atoms with Gasteiger partial charge in [0, 0.05) is 29.7 Å². The van der Waals surface area contributed by atoms with Crippen LogP contribution in [0.2, 0.25) is 5.02 Å². The lowest BCUT2D eigenvalue weighted by Crippen LogP contribution is -2.43. The number of carbonyl (C=O) groups excluding carboxylic acids is 2. The van der Waals surface area contributed by atoms with Gasteiger partial charge in [0.2, 0.25) is 5.91 Å². The molecule has 7 nitrogen and oxygen atoms in total. The predicted molar refractivity (Wildman–Crippen MR) is 109 cm³/mol. The van der Waals surface area contributed by atoms with Gasteiger partial charge in [0.1, 0.15) is 18.1 Å². The Kier molecular flexibility index (Phi) is 5.67. The number of rotatable bonds is 5. The Labute approximate surface area is 173 Å². The molecule has 0 bridgehead atoms. The molecule has 1 aliphatic heterocycles. The second-order valence-corrected chi connectivity index (χ2v) is 7.48. The van der Waals surface area contributed by atoms with Gasteiger partial charge >= 0.3 is 0 Å². The minimum atomic E-state index is -0.271. The summed E-state index contributed by atoms with van der Waals surface area (Å²) in [6.07, 6.45) is 4.76. The zero-order chi connectivity index (χ0) is 20.2. The van der Waals surface area contributed by atoms with Crippen molar-refractivity contribution in [2.45, 2.75) is 19.4 Å². The molecule has 4 rings (SSSR count). The summed E-state index contributed by atoms with van der Waals surface area (Å²) in [7, 11) is 0. The average molecular weight is 413 g/mol. The average Bonchev–Trinajstić information content (AvgIpc) is 3.41. The van der Waals surface area contributed by atoms with Gasteiger partial charge in [-0.15, -0.1) is 0 Å². The first-order valence-electron chi connectivity index (χ1n) is 9.50. The van der Waals surface area contributed by atoms with E-state index < -0.39 is 0 Å². The second kappa shape index (κ2) is 8.53. The van der Waals surface area contributed by atoms with Crippen molar-refractivity contribution in [2.75, 3.05) is 18.4 Å². The molecule has 0 spiro atoms. The lowest BCUT2D eigenvalue weighted by atomic mass is 9.96. The highest BCUT2D eigenvalue weighted by molar-refractivity contribution is 6.30. The van der Waals surface area contributed by atoms with Crippen LogP contribution in [0.25, 0.3) is 0 Å². The summed E-state index contributed by atoms with van der Waals surface area (Å²) in [5.41, 5.74) is 0.576. The molecular weight excluding hydrogens is 392 g/mol. The lowest BCUT2D eigenvalue weighted by molar-refractivity contribution is -0.121. The van der Waals surface area contributed by atoms with Crippen molar-refractivity contribution < 1.29 is 14.0 Å². The van der Waals surface area contributed by atoms with Crippen LogP contribution in [0.15, 0.2) is 59.3 Å². The third kappa shape index (κ3) is 4.51. The molecule has 8 heteroatoms. The van der Waals surface area contributed by atoms with Crippen molar-refractivity contribution in [1.82, 2.24) is 14.7 Å². The molecule has 0 radical (unpaired) electrons. The van der Waals surface area contributed by atoms with Crippen molar-refractivity contribution in [3.05, 3.63) is 71.3 Å². The monoisotopic (exact) mass is 412 g/mol. The number of aromatic nitrogens is 2. The highest BCUT2D eigenvalue weighted by Gasteiger charge is 2.29. The number of nitrogens with zero attached hydrogens (tertiary/aromatic N) is 3. The van der Waals surface area contributed by atoms with E-state index in [0.29, 0.717) is 36.0 Å². The molecule has 1 unspecified atom stereocenters. The SMILES string of the molecule is O=C(Nc1ccnn1Cc1ccco1)C1CCCN(C(=O)c2ccc(Cl)cc2)C1. The molecule has 1 N–H and O–H groups in total. The van der Waals surface area contributed by atoms with Gasteiger partial charge in [-0.1, -0.05) is 11.6 Å². The fourth-order valence-electron chi connectivity index (χ4n) is 3.49. The normalized spacial score (nSPS) is 16.6. The highest BCUT2D eigenvalue weighted by Crippen LogP contribution is 2.21. The quantitative estimate of drug-likeness (QED) is 0.693. The Bertz CT molecular complexity index is 982. The minimum Gasteiger partial charge on any atom is -0.467 e. The van der Waals surface area contributed by atoms with Crippen LogP contribution in [0.3, 0.4) is 0 Å². The van der Waals surface area contributed by atoms with Crippen LogP contribution < -0.4 is 5.32 Å². The first kappa shape index (κ1) is 19.3. The number of amides is 2. The van der Waals surface area contributed by atoms with Crippen LogP contribution >= 0.6 is 11.6 Å². The Morgan fingerprint density at radius 2 is 2.03 bits per heavy atom. The molecule has 1 atom stereocenters. The maximum Gasteiger partial charge on any atom is 0.253 e.